The Bertz CT molecular complexity index is 306. The van der Waals surface area contributed by atoms with Gasteiger partial charge in [0.05, 0.1) is 5.54 Å². The molecule has 2 aliphatic heterocycles. The predicted octanol–water partition coefficient (Wildman–Crippen LogP) is 0.335. The number of rotatable bonds is 2. The van der Waals surface area contributed by atoms with E-state index in [1.54, 1.807) is 0 Å². The molecule has 2 heterocycles. The minimum atomic E-state index is -0.431. The van der Waals surface area contributed by atoms with Gasteiger partial charge in [-0.2, -0.15) is 0 Å². The summed E-state index contributed by atoms with van der Waals surface area (Å²) in [4.78, 5) is 23.2. The third-order valence-corrected chi connectivity index (χ3v) is 3.72. The van der Waals surface area contributed by atoms with Gasteiger partial charge >= 0.3 is 0 Å². The maximum atomic E-state index is 12.2. The van der Waals surface area contributed by atoms with Crippen molar-refractivity contribution in [1.29, 1.82) is 0 Å². The van der Waals surface area contributed by atoms with Crippen molar-refractivity contribution >= 4 is 24.2 Å². The highest BCUT2D eigenvalue weighted by Crippen LogP contribution is 2.19. The first-order chi connectivity index (χ1) is 8.10. The third-order valence-electron chi connectivity index (χ3n) is 3.72. The predicted molar refractivity (Wildman–Crippen MR) is 71.7 cm³/mol. The molecule has 0 radical (unpaired) electrons. The summed E-state index contributed by atoms with van der Waals surface area (Å²) in [5, 5.41) is 9.11. The summed E-state index contributed by atoms with van der Waals surface area (Å²) in [6.07, 6.45) is 4.38. The SMILES string of the molecule is CC1(C(=O)NC2CCC(=O)NC2)CCCCN1.Cl. The molecule has 0 aromatic rings. The van der Waals surface area contributed by atoms with E-state index in [1.807, 2.05) is 6.92 Å². The number of halogens is 1. The first kappa shape index (κ1) is 15.2. The quantitative estimate of drug-likeness (QED) is 0.680. The van der Waals surface area contributed by atoms with Crippen LogP contribution in [-0.4, -0.2) is 36.5 Å². The molecule has 3 N–H and O–H groups in total. The molecule has 0 aromatic carbocycles. The Balaban J connectivity index is 0.00000162. The van der Waals surface area contributed by atoms with Gasteiger partial charge in [-0.3, -0.25) is 9.59 Å². The number of carbonyl (C=O) groups excluding carboxylic acids is 2. The molecule has 18 heavy (non-hydrogen) atoms. The Morgan fingerprint density at radius 1 is 1.44 bits per heavy atom. The van der Waals surface area contributed by atoms with E-state index in [-0.39, 0.29) is 30.3 Å². The highest BCUT2D eigenvalue weighted by atomic mass is 35.5. The van der Waals surface area contributed by atoms with Crippen LogP contribution in [0.2, 0.25) is 0 Å². The molecule has 2 saturated heterocycles. The highest BCUT2D eigenvalue weighted by Gasteiger charge is 2.35. The highest BCUT2D eigenvalue weighted by molar-refractivity contribution is 5.86. The zero-order valence-electron chi connectivity index (χ0n) is 10.8. The largest absolute Gasteiger partial charge is 0.354 e. The van der Waals surface area contributed by atoms with Crippen LogP contribution in [0.1, 0.15) is 39.0 Å². The molecule has 5 nitrogen and oxygen atoms in total. The molecule has 6 heteroatoms. The summed E-state index contributed by atoms with van der Waals surface area (Å²) in [5.74, 6) is 0.149. The summed E-state index contributed by atoms with van der Waals surface area (Å²) < 4.78 is 0. The monoisotopic (exact) mass is 275 g/mol. The Hall–Kier alpha value is -0.810. The van der Waals surface area contributed by atoms with Gasteiger partial charge in [0.2, 0.25) is 11.8 Å². The van der Waals surface area contributed by atoms with E-state index in [0.29, 0.717) is 13.0 Å². The van der Waals surface area contributed by atoms with Gasteiger partial charge in [0, 0.05) is 19.0 Å². The smallest absolute Gasteiger partial charge is 0.240 e. The van der Waals surface area contributed by atoms with Crippen molar-refractivity contribution in [2.75, 3.05) is 13.1 Å². The van der Waals surface area contributed by atoms with Crippen molar-refractivity contribution in [3.05, 3.63) is 0 Å². The van der Waals surface area contributed by atoms with Gasteiger partial charge in [0.15, 0.2) is 0 Å². The van der Waals surface area contributed by atoms with Crippen LogP contribution in [0, 0.1) is 0 Å². The molecular formula is C12H22ClN3O2. The van der Waals surface area contributed by atoms with E-state index in [4.69, 9.17) is 0 Å². The van der Waals surface area contributed by atoms with Crippen LogP contribution >= 0.6 is 12.4 Å². The Morgan fingerprint density at radius 3 is 2.78 bits per heavy atom. The van der Waals surface area contributed by atoms with Gasteiger partial charge in [-0.25, -0.2) is 0 Å². The van der Waals surface area contributed by atoms with Crippen LogP contribution in [0.15, 0.2) is 0 Å². The van der Waals surface area contributed by atoms with E-state index < -0.39 is 5.54 Å². The van der Waals surface area contributed by atoms with Crippen molar-refractivity contribution < 1.29 is 9.59 Å². The van der Waals surface area contributed by atoms with E-state index in [1.165, 1.54) is 0 Å². The molecule has 2 fully saturated rings. The van der Waals surface area contributed by atoms with E-state index in [9.17, 15) is 9.59 Å². The third kappa shape index (κ3) is 3.59. The maximum absolute atomic E-state index is 12.2. The second-order valence-corrected chi connectivity index (χ2v) is 5.23. The van der Waals surface area contributed by atoms with Crippen LogP contribution in [0.25, 0.3) is 0 Å². The van der Waals surface area contributed by atoms with Crippen molar-refractivity contribution in [3.63, 3.8) is 0 Å². The average Bonchev–Trinajstić information content (AvgIpc) is 2.33. The normalized spacial score (nSPS) is 32.1. The van der Waals surface area contributed by atoms with Crippen LogP contribution in [0.3, 0.4) is 0 Å². The molecule has 0 bridgehead atoms. The summed E-state index contributed by atoms with van der Waals surface area (Å²) in [6.45, 7) is 3.43. The Kier molecular flexibility index (Phi) is 5.41. The van der Waals surface area contributed by atoms with Gasteiger partial charge < -0.3 is 16.0 Å². The zero-order valence-corrected chi connectivity index (χ0v) is 11.6. The molecule has 0 aromatic heterocycles. The van der Waals surface area contributed by atoms with Crippen LogP contribution in [0.4, 0.5) is 0 Å². The summed E-state index contributed by atoms with van der Waals surface area (Å²) in [5.41, 5.74) is -0.431. The van der Waals surface area contributed by atoms with E-state index in [2.05, 4.69) is 16.0 Å². The summed E-state index contributed by atoms with van der Waals surface area (Å²) in [7, 11) is 0. The van der Waals surface area contributed by atoms with Gasteiger partial charge in [-0.1, -0.05) is 0 Å². The van der Waals surface area contributed by atoms with Crippen molar-refractivity contribution in [2.45, 2.75) is 50.6 Å². The molecule has 104 valence electrons. The summed E-state index contributed by atoms with van der Waals surface area (Å²) in [6, 6.07) is 0.0840. The number of piperidine rings is 2. The molecular weight excluding hydrogens is 254 g/mol. The Morgan fingerprint density at radius 2 is 2.22 bits per heavy atom. The van der Waals surface area contributed by atoms with Crippen LogP contribution in [0.5, 0.6) is 0 Å². The standard InChI is InChI=1S/C12H21N3O2.ClH/c1-12(6-2-3-7-14-12)11(17)15-9-4-5-10(16)13-8-9;/h9,14H,2-8H2,1H3,(H,13,16)(H,15,17);1H. The zero-order chi connectivity index (χ0) is 12.3. The number of hydrogen-bond acceptors (Lipinski definition) is 3. The first-order valence-electron chi connectivity index (χ1n) is 6.43. The van der Waals surface area contributed by atoms with Crippen LogP contribution in [-0.2, 0) is 9.59 Å². The second-order valence-electron chi connectivity index (χ2n) is 5.23. The molecule has 2 atom stereocenters. The minimum Gasteiger partial charge on any atom is -0.354 e. The lowest BCUT2D eigenvalue weighted by molar-refractivity contribution is -0.130. The van der Waals surface area contributed by atoms with E-state index in [0.717, 1.165) is 32.2 Å². The Labute approximate surface area is 114 Å². The lowest BCUT2D eigenvalue weighted by Gasteiger charge is -2.35. The molecule has 2 unspecified atom stereocenters. The van der Waals surface area contributed by atoms with E-state index >= 15 is 0 Å². The van der Waals surface area contributed by atoms with Crippen LogP contribution < -0.4 is 16.0 Å². The lowest BCUT2D eigenvalue weighted by Crippen LogP contribution is -2.60. The molecule has 2 aliphatic rings. The van der Waals surface area contributed by atoms with Gasteiger partial charge in [0.1, 0.15) is 0 Å². The topological polar surface area (TPSA) is 70.2 Å². The van der Waals surface area contributed by atoms with Gasteiger partial charge in [-0.05, 0) is 39.2 Å². The molecule has 0 saturated carbocycles. The molecule has 0 aliphatic carbocycles. The number of carbonyl (C=O) groups is 2. The number of hydrogen-bond donors (Lipinski definition) is 3. The fourth-order valence-electron chi connectivity index (χ4n) is 2.45. The number of amides is 2. The minimum absolute atomic E-state index is 0. The van der Waals surface area contributed by atoms with Crippen molar-refractivity contribution in [2.24, 2.45) is 0 Å². The second kappa shape index (κ2) is 6.38. The van der Waals surface area contributed by atoms with Crippen molar-refractivity contribution in [3.8, 4) is 0 Å². The molecule has 2 amide bonds. The first-order valence-corrected chi connectivity index (χ1v) is 6.43. The fourth-order valence-corrected chi connectivity index (χ4v) is 2.45. The fraction of sp³-hybridized carbons (Fsp3) is 0.833. The summed E-state index contributed by atoms with van der Waals surface area (Å²) >= 11 is 0. The number of nitrogens with one attached hydrogen (secondary N) is 3. The maximum Gasteiger partial charge on any atom is 0.240 e. The molecule has 0 spiro atoms. The van der Waals surface area contributed by atoms with Gasteiger partial charge in [-0.15, -0.1) is 12.4 Å². The lowest BCUT2D eigenvalue weighted by atomic mass is 9.89. The molecule has 2 rings (SSSR count). The van der Waals surface area contributed by atoms with Gasteiger partial charge in [0.25, 0.3) is 0 Å². The average molecular weight is 276 g/mol. The van der Waals surface area contributed by atoms with Crippen molar-refractivity contribution in [1.82, 2.24) is 16.0 Å².